The van der Waals surface area contributed by atoms with Crippen molar-refractivity contribution < 1.29 is 19.1 Å². The molecule has 0 saturated carbocycles. The molecule has 10 rings (SSSR count). The Morgan fingerprint density at radius 1 is 0.283 bits per heavy atom. The van der Waals surface area contributed by atoms with E-state index in [4.69, 9.17) is 29.4 Å². The fourth-order valence-electron chi connectivity index (χ4n) is 15.4. The molecular weight excluding hydrogens is 1420 g/mol. The van der Waals surface area contributed by atoms with Crippen LogP contribution in [0.4, 0.5) is 0 Å². The highest BCUT2D eigenvalue weighted by atomic mass is 32.1. The highest BCUT2D eigenvalue weighted by molar-refractivity contribution is 7.26. The van der Waals surface area contributed by atoms with E-state index >= 15 is 0 Å². The summed E-state index contributed by atoms with van der Waals surface area (Å²) in [4.78, 5) is 56.6. The number of hydrogen-bond donors (Lipinski definition) is 0. The third kappa shape index (κ3) is 23.9. The molecule has 574 valence electrons. The number of carbonyl (C=O) groups is 2. The number of nitrogens with zero attached hydrogens (tertiary/aromatic N) is 4. The molecule has 0 saturated heterocycles. The minimum absolute atomic E-state index is 0.331. The SMILES string of the molecule is CCCCCCCCCCCCOC(=O)c1nc2c(-c3ccc(-c4c5nc(C(CCCCCC)CCCCCCCC)sc5c(-c5ccccc5)c5nc(C(CCCCCC)CCCCCCCC)sc45)s3)c3sc(C(=O)OCCCCCCCCCCCC)nc3c(-c3ccc(-c4ccccc4)s3)c2s1. The number of thiazole rings is 4. The molecule has 0 aliphatic heterocycles. The molecular formula is C92H126N4O4S6. The first-order chi connectivity index (χ1) is 52.3. The zero-order valence-corrected chi connectivity index (χ0v) is 70.5. The smallest absolute Gasteiger partial charge is 0.367 e. The maximum atomic E-state index is 14.7. The van der Waals surface area contributed by atoms with Crippen LogP contribution < -0.4 is 0 Å². The molecule has 0 aliphatic rings. The predicted octanol–water partition coefficient (Wildman–Crippen LogP) is 32.3. The van der Waals surface area contributed by atoms with Crippen LogP contribution in [0.2, 0.25) is 0 Å². The van der Waals surface area contributed by atoms with Crippen molar-refractivity contribution in [2.75, 3.05) is 13.2 Å². The lowest BCUT2D eigenvalue weighted by molar-refractivity contribution is 0.0488. The van der Waals surface area contributed by atoms with Crippen molar-refractivity contribution in [2.45, 2.75) is 336 Å². The lowest BCUT2D eigenvalue weighted by atomic mass is 9.94. The molecule has 0 spiro atoms. The van der Waals surface area contributed by atoms with Gasteiger partial charge >= 0.3 is 11.9 Å². The van der Waals surface area contributed by atoms with Gasteiger partial charge in [-0.05, 0) is 73.9 Å². The number of unbranched alkanes of at least 4 members (excludes halogenated alkanes) is 34. The van der Waals surface area contributed by atoms with Crippen molar-refractivity contribution in [2.24, 2.45) is 0 Å². The Morgan fingerprint density at radius 2 is 0.557 bits per heavy atom. The molecule has 0 radical (unpaired) electrons. The number of esters is 2. The predicted molar refractivity (Wildman–Crippen MR) is 465 cm³/mol. The second-order valence-electron chi connectivity index (χ2n) is 30.3. The quantitative estimate of drug-likeness (QED) is 0.0274. The van der Waals surface area contributed by atoms with Crippen LogP contribution in [0.5, 0.6) is 0 Å². The van der Waals surface area contributed by atoms with E-state index < -0.39 is 11.9 Å². The standard InChI is InChI=1S/C92H126N4O4S6/c1-7-13-19-25-29-31-33-35-39-51-65-99-91(97)89-95-81-76(72-62-61-71(101-72)67-53-47-41-48-54-67)85-82(96-90(105-85)92(98)100-66-52-40-36-34-32-30-26-20-14-8-2)78(86(81)106-89)74-64-63-73(102-74)77-80-83(103-88(94-80)70(58-44-24-18-12-6)60-46-38-28-22-16-10-4)75(68-55-49-42-50-56-68)79-84(77)104-87(93-79)69(57-43-23-17-11-5)59-45-37-27-21-15-9-3/h41-42,47-50,53-56,61-64,69-70H,7-40,43-46,51-52,57-60,65-66H2,1-6H3. The molecule has 10 aromatic rings. The molecule has 14 heteroatoms. The van der Waals surface area contributed by atoms with Crippen LogP contribution in [-0.4, -0.2) is 45.1 Å². The molecule has 0 aliphatic carbocycles. The summed E-state index contributed by atoms with van der Waals surface area (Å²) in [6, 6.07) is 30.7. The zero-order valence-electron chi connectivity index (χ0n) is 65.6. The van der Waals surface area contributed by atoms with Crippen LogP contribution in [0.1, 0.15) is 366 Å². The van der Waals surface area contributed by atoms with Crippen LogP contribution in [0.3, 0.4) is 0 Å². The highest BCUT2D eigenvalue weighted by Crippen LogP contribution is 2.55. The van der Waals surface area contributed by atoms with Gasteiger partial charge < -0.3 is 9.47 Å². The van der Waals surface area contributed by atoms with Crippen LogP contribution in [-0.2, 0) is 9.47 Å². The molecule has 6 aromatic heterocycles. The van der Waals surface area contributed by atoms with Gasteiger partial charge in [0.25, 0.3) is 0 Å². The van der Waals surface area contributed by atoms with Gasteiger partial charge in [-0.15, -0.1) is 68.0 Å². The van der Waals surface area contributed by atoms with Gasteiger partial charge in [0.05, 0.1) is 64.1 Å². The van der Waals surface area contributed by atoms with E-state index in [9.17, 15) is 9.59 Å². The van der Waals surface area contributed by atoms with Crippen molar-refractivity contribution >= 4 is 121 Å². The first kappa shape index (κ1) is 83.3. The number of ether oxygens (including phenoxy) is 2. The average molecular weight is 1540 g/mol. The van der Waals surface area contributed by atoms with E-state index in [1.807, 2.05) is 22.7 Å². The number of benzene rings is 4. The number of carbonyl (C=O) groups excluding carboxylic acids is 2. The topological polar surface area (TPSA) is 104 Å². The summed E-state index contributed by atoms with van der Waals surface area (Å²) < 4.78 is 16.6. The zero-order chi connectivity index (χ0) is 73.9. The van der Waals surface area contributed by atoms with E-state index in [0.717, 1.165) is 132 Å². The number of thiophene rings is 2. The lowest BCUT2D eigenvalue weighted by Gasteiger charge is -2.14. The van der Waals surface area contributed by atoms with Gasteiger partial charge in [-0.1, -0.05) is 346 Å². The molecule has 0 fully saturated rings. The number of hydrogen-bond acceptors (Lipinski definition) is 14. The molecule has 0 amide bonds. The Hall–Kier alpha value is -5.22. The minimum atomic E-state index is -0.395. The highest BCUT2D eigenvalue weighted by Gasteiger charge is 2.32. The van der Waals surface area contributed by atoms with Crippen molar-refractivity contribution in [1.29, 1.82) is 0 Å². The van der Waals surface area contributed by atoms with Gasteiger partial charge in [0.15, 0.2) is 0 Å². The molecule has 0 N–H and O–H groups in total. The van der Waals surface area contributed by atoms with Gasteiger partial charge in [-0.2, -0.15) is 0 Å². The second-order valence-corrected chi connectivity index (χ2v) is 36.5. The lowest BCUT2D eigenvalue weighted by Crippen LogP contribution is -2.06. The van der Waals surface area contributed by atoms with Gasteiger partial charge in [0.2, 0.25) is 10.0 Å². The van der Waals surface area contributed by atoms with E-state index in [0.29, 0.717) is 35.1 Å². The van der Waals surface area contributed by atoms with Gasteiger partial charge in [0.1, 0.15) is 0 Å². The van der Waals surface area contributed by atoms with Crippen LogP contribution in [0.15, 0.2) is 84.9 Å². The van der Waals surface area contributed by atoms with Gasteiger partial charge in [0, 0.05) is 53.6 Å². The summed E-state index contributed by atoms with van der Waals surface area (Å²) in [5.41, 5.74) is 10.1. The Kier molecular flexibility index (Phi) is 36.5. The first-order valence-electron chi connectivity index (χ1n) is 42.5. The van der Waals surface area contributed by atoms with Crippen molar-refractivity contribution in [1.82, 2.24) is 19.9 Å². The third-order valence-electron chi connectivity index (χ3n) is 21.6. The van der Waals surface area contributed by atoms with Crippen LogP contribution in [0, 0.1) is 0 Å². The summed E-state index contributed by atoms with van der Waals surface area (Å²) in [5, 5.41) is 3.19. The van der Waals surface area contributed by atoms with Gasteiger partial charge in [-0.25, -0.2) is 29.5 Å². The minimum Gasteiger partial charge on any atom is -0.460 e. The number of fused-ring (bicyclic) bond motifs is 4. The first-order valence-corrected chi connectivity index (χ1v) is 47.4. The van der Waals surface area contributed by atoms with Crippen molar-refractivity contribution in [3.8, 4) is 52.9 Å². The number of rotatable bonds is 55. The second kappa shape index (κ2) is 46.4. The summed E-state index contributed by atoms with van der Waals surface area (Å²) >= 11 is 10.2. The molecule has 6 heterocycles. The van der Waals surface area contributed by atoms with Crippen LogP contribution >= 0.6 is 68.0 Å². The molecule has 4 aromatic carbocycles. The Labute approximate surface area is 661 Å². The van der Waals surface area contributed by atoms with E-state index in [2.05, 4.69) is 126 Å². The molecule has 2 atom stereocenters. The summed E-state index contributed by atoms with van der Waals surface area (Å²) in [7, 11) is 0. The normalized spacial score (nSPS) is 12.5. The van der Waals surface area contributed by atoms with Crippen molar-refractivity contribution in [3.63, 3.8) is 0 Å². The van der Waals surface area contributed by atoms with Gasteiger partial charge in [-0.3, -0.25) is 0 Å². The molecule has 106 heavy (non-hydrogen) atoms. The van der Waals surface area contributed by atoms with E-state index in [1.54, 1.807) is 22.7 Å². The number of aromatic nitrogens is 4. The maximum absolute atomic E-state index is 14.7. The Bertz CT molecular complexity index is 3990. The third-order valence-corrected chi connectivity index (χ3v) is 28.5. The van der Waals surface area contributed by atoms with E-state index in [1.165, 1.54) is 277 Å². The Balaban J connectivity index is 1.12. The molecule has 2 unspecified atom stereocenters. The fraction of sp³-hybridized carbons (Fsp3) is 0.587. The average Bonchev–Trinajstić information content (AvgIpc) is 1.56. The van der Waals surface area contributed by atoms with Crippen molar-refractivity contribution in [3.05, 3.63) is 105 Å². The molecule has 8 nitrogen and oxygen atoms in total. The van der Waals surface area contributed by atoms with E-state index in [-0.39, 0.29) is 0 Å². The molecule has 0 bridgehead atoms. The summed E-state index contributed by atoms with van der Waals surface area (Å²) in [6.07, 6.45) is 53.9. The fourth-order valence-corrected chi connectivity index (χ4v) is 22.4. The Morgan fingerprint density at radius 3 is 0.925 bits per heavy atom. The summed E-state index contributed by atoms with van der Waals surface area (Å²) in [5.74, 6) is -0.0454. The monoisotopic (exact) mass is 1540 g/mol. The largest absolute Gasteiger partial charge is 0.460 e. The summed E-state index contributed by atoms with van der Waals surface area (Å²) in [6.45, 7) is 14.5. The maximum Gasteiger partial charge on any atom is 0.367 e. The van der Waals surface area contributed by atoms with Crippen LogP contribution in [0.25, 0.3) is 93.8 Å².